The van der Waals surface area contributed by atoms with Crippen molar-refractivity contribution in [2.75, 3.05) is 0 Å². The monoisotopic (exact) mass is 410 g/mol. The molecule has 152 valence electrons. The molecule has 0 aliphatic rings. The number of carbonyl (C=O) groups is 3. The van der Waals surface area contributed by atoms with E-state index in [-0.39, 0.29) is 11.5 Å². The molecular weight excluding hydrogens is 392 g/mol. The smallest absolute Gasteiger partial charge is 0.343 e. The van der Waals surface area contributed by atoms with Crippen molar-refractivity contribution in [2.45, 2.75) is 6.92 Å². The fourth-order valence-electron chi connectivity index (χ4n) is 3.27. The van der Waals surface area contributed by atoms with Crippen LogP contribution in [0, 0.1) is 0 Å². The van der Waals surface area contributed by atoms with E-state index in [4.69, 9.17) is 9.47 Å². The zero-order valence-electron chi connectivity index (χ0n) is 16.7. The van der Waals surface area contributed by atoms with Gasteiger partial charge in [-0.05, 0) is 66.2 Å². The molecule has 0 aliphatic heterocycles. The second-order valence-electron chi connectivity index (χ2n) is 6.89. The first-order valence-electron chi connectivity index (χ1n) is 9.65. The zero-order valence-corrected chi connectivity index (χ0v) is 16.7. The van der Waals surface area contributed by atoms with E-state index in [9.17, 15) is 14.4 Å². The van der Waals surface area contributed by atoms with Crippen LogP contribution >= 0.6 is 0 Å². The maximum absolute atomic E-state index is 12.4. The average molecular weight is 410 g/mol. The lowest BCUT2D eigenvalue weighted by molar-refractivity contribution is 0.0723. The van der Waals surface area contributed by atoms with Gasteiger partial charge in [0.2, 0.25) is 0 Å². The summed E-state index contributed by atoms with van der Waals surface area (Å²) in [5, 5.41) is 1.29. The summed E-state index contributed by atoms with van der Waals surface area (Å²) in [6.45, 7) is 1.41. The van der Waals surface area contributed by atoms with Gasteiger partial charge in [0.05, 0.1) is 16.7 Å². The maximum Gasteiger partial charge on any atom is 0.343 e. The van der Waals surface area contributed by atoms with Gasteiger partial charge in [-0.2, -0.15) is 0 Å². The summed E-state index contributed by atoms with van der Waals surface area (Å²) >= 11 is 0. The Morgan fingerprint density at radius 1 is 0.645 bits per heavy atom. The van der Waals surface area contributed by atoms with Gasteiger partial charge in [0, 0.05) is 0 Å². The Kier molecular flexibility index (Phi) is 5.58. The molecule has 4 aromatic carbocycles. The third kappa shape index (κ3) is 4.36. The van der Waals surface area contributed by atoms with Gasteiger partial charge in [0.25, 0.3) is 0 Å². The minimum absolute atomic E-state index is 0.183. The van der Waals surface area contributed by atoms with Crippen LogP contribution in [0.5, 0.6) is 11.5 Å². The Balaban J connectivity index is 1.65. The van der Waals surface area contributed by atoms with Crippen LogP contribution in [-0.2, 0) is 0 Å². The molecular formula is C26H18O5. The molecule has 0 fully saturated rings. The SMILES string of the molecule is CC(=O)c1c(OC(=O)c2ccccc2)ccc2cc(OC(=O)c3ccccc3)ccc12. The lowest BCUT2D eigenvalue weighted by atomic mass is 10.0. The number of hydrogen-bond donors (Lipinski definition) is 0. The standard InChI is InChI=1S/C26H18O5/c1-17(27)24-22-14-13-21(30-25(28)18-8-4-2-5-9-18)16-20(22)12-15-23(24)31-26(29)19-10-6-3-7-11-19/h2-16H,1H3. The van der Waals surface area contributed by atoms with Crippen LogP contribution in [0.2, 0.25) is 0 Å². The summed E-state index contributed by atoms with van der Waals surface area (Å²) in [6.07, 6.45) is 0. The summed E-state index contributed by atoms with van der Waals surface area (Å²) in [5.74, 6) is -0.723. The Labute approximate surface area is 178 Å². The van der Waals surface area contributed by atoms with Gasteiger partial charge >= 0.3 is 11.9 Å². The highest BCUT2D eigenvalue weighted by molar-refractivity contribution is 6.10. The normalized spacial score (nSPS) is 10.5. The van der Waals surface area contributed by atoms with E-state index in [0.29, 0.717) is 33.2 Å². The van der Waals surface area contributed by atoms with Crippen molar-refractivity contribution in [3.05, 3.63) is 108 Å². The Bertz CT molecular complexity index is 1280. The minimum Gasteiger partial charge on any atom is -0.423 e. The Morgan fingerprint density at radius 2 is 1.23 bits per heavy atom. The van der Waals surface area contributed by atoms with Crippen molar-refractivity contribution in [3.8, 4) is 11.5 Å². The first kappa shape index (κ1) is 20.0. The van der Waals surface area contributed by atoms with Gasteiger partial charge < -0.3 is 9.47 Å². The highest BCUT2D eigenvalue weighted by atomic mass is 16.5. The molecule has 0 saturated heterocycles. The van der Waals surface area contributed by atoms with Crippen molar-refractivity contribution in [1.29, 1.82) is 0 Å². The van der Waals surface area contributed by atoms with E-state index in [0.717, 1.165) is 0 Å². The fraction of sp³-hybridized carbons (Fsp3) is 0.0385. The molecule has 0 atom stereocenters. The molecule has 0 bridgehead atoms. The van der Waals surface area contributed by atoms with Crippen molar-refractivity contribution in [3.63, 3.8) is 0 Å². The molecule has 0 unspecified atom stereocenters. The van der Waals surface area contributed by atoms with Gasteiger partial charge in [0.15, 0.2) is 5.78 Å². The van der Waals surface area contributed by atoms with Crippen molar-refractivity contribution < 1.29 is 23.9 Å². The predicted molar refractivity (Wildman–Crippen MR) is 117 cm³/mol. The molecule has 0 heterocycles. The van der Waals surface area contributed by atoms with Gasteiger partial charge in [-0.1, -0.05) is 42.5 Å². The lowest BCUT2D eigenvalue weighted by Crippen LogP contribution is -2.11. The molecule has 0 N–H and O–H groups in total. The molecule has 4 rings (SSSR count). The minimum atomic E-state index is -0.545. The van der Waals surface area contributed by atoms with Crippen LogP contribution in [0.15, 0.2) is 91.0 Å². The van der Waals surface area contributed by atoms with Gasteiger partial charge in [-0.15, -0.1) is 0 Å². The number of ketones is 1. The number of hydrogen-bond acceptors (Lipinski definition) is 5. The first-order chi connectivity index (χ1) is 15.0. The van der Waals surface area contributed by atoms with E-state index >= 15 is 0 Å². The molecule has 0 saturated carbocycles. The molecule has 0 aromatic heterocycles. The molecule has 0 radical (unpaired) electrons. The van der Waals surface area contributed by atoms with Crippen LogP contribution in [0.4, 0.5) is 0 Å². The molecule has 0 spiro atoms. The Hall–Kier alpha value is -4.25. The topological polar surface area (TPSA) is 69.7 Å². The van der Waals surface area contributed by atoms with E-state index in [1.54, 1.807) is 84.9 Å². The number of carbonyl (C=O) groups excluding carboxylic acids is 3. The number of esters is 2. The van der Waals surface area contributed by atoms with E-state index in [1.165, 1.54) is 6.92 Å². The van der Waals surface area contributed by atoms with E-state index < -0.39 is 11.9 Å². The third-order valence-corrected chi connectivity index (χ3v) is 4.74. The zero-order chi connectivity index (χ0) is 21.8. The third-order valence-electron chi connectivity index (χ3n) is 4.74. The number of rotatable bonds is 5. The van der Waals surface area contributed by atoms with Crippen LogP contribution in [0.3, 0.4) is 0 Å². The van der Waals surface area contributed by atoms with Crippen LogP contribution in [-0.4, -0.2) is 17.7 Å². The average Bonchev–Trinajstić information content (AvgIpc) is 2.79. The van der Waals surface area contributed by atoms with Crippen molar-refractivity contribution in [1.82, 2.24) is 0 Å². The highest BCUT2D eigenvalue weighted by Gasteiger charge is 2.18. The molecule has 31 heavy (non-hydrogen) atoms. The number of ether oxygens (including phenoxy) is 2. The summed E-state index contributed by atoms with van der Waals surface area (Å²) in [7, 11) is 0. The molecule has 5 nitrogen and oxygen atoms in total. The highest BCUT2D eigenvalue weighted by Crippen LogP contribution is 2.32. The molecule has 4 aromatic rings. The summed E-state index contributed by atoms with van der Waals surface area (Å²) in [5.41, 5.74) is 1.12. The van der Waals surface area contributed by atoms with E-state index in [1.807, 2.05) is 6.07 Å². The number of Topliss-reactive ketones (excluding diaryl/α,β-unsaturated/α-hetero) is 1. The summed E-state index contributed by atoms with van der Waals surface area (Å²) < 4.78 is 11.0. The number of fused-ring (bicyclic) bond motifs is 1. The van der Waals surface area contributed by atoms with Crippen molar-refractivity contribution in [2.24, 2.45) is 0 Å². The van der Waals surface area contributed by atoms with Gasteiger partial charge in [0.1, 0.15) is 11.5 Å². The Morgan fingerprint density at radius 3 is 1.81 bits per heavy atom. The number of benzene rings is 4. The van der Waals surface area contributed by atoms with Gasteiger partial charge in [-0.3, -0.25) is 4.79 Å². The second-order valence-corrected chi connectivity index (χ2v) is 6.89. The van der Waals surface area contributed by atoms with E-state index in [2.05, 4.69) is 0 Å². The predicted octanol–water partition coefficient (Wildman–Crippen LogP) is 5.48. The van der Waals surface area contributed by atoms with Crippen LogP contribution < -0.4 is 9.47 Å². The second kappa shape index (κ2) is 8.63. The van der Waals surface area contributed by atoms with Crippen LogP contribution in [0.25, 0.3) is 10.8 Å². The quantitative estimate of drug-likeness (QED) is 0.247. The molecule has 0 aliphatic carbocycles. The molecule has 0 amide bonds. The fourth-order valence-corrected chi connectivity index (χ4v) is 3.27. The lowest BCUT2D eigenvalue weighted by Gasteiger charge is -2.12. The van der Waals surface area contributed by atoms with Gasteiger partial charge in [-0.25, -0.2) is 9.59 Å². The van der Waals surface area contributed by atoms with Crippen molar-refractivity contribution >= 4 is 28.5 Å². The summed E-state index contributed by atoms with van der Waals surface area (Å²) in [6, 6.07) is 25.5. The first-order valence-corrected chi connectivity index (χ1v) is 9.65. The summed E-state index contributed by atoms with van der Waals surface area (Å²) in [4.78, 5) is 37.1. The largest absolute Gasteiger partial charge is 0.423 e. The maximum atomic E-state index is 12.4. The van der Waals surface area contributed by atoms with Crippen LogP contribution in [0.1, 0.15) is 38.0 Å². The molecule has 5 heteroatoms.